The molecule has 2 rings (SSSR count). The van der Waals surface area contributed by atoms with Gasteiger partial charge in [-0.3, -0.25) is 4.55 Å². The van der Waals surface area contributed by atoms with E-state index in [1.54, 1.807) is 0 Å². The molecule has 13 heteroatoms. The third-order valence-electron chi connectivity index (χ3n) is 2.94. The summed E-state index contributed by atoms with van der Waals surface area (Å²) >= 11 is 0.745. The monoisotopic (exact) mass is 504 g/mol. The first-order chi connectivity index (χ1) is 11.3. The zero-order chi connectivity index (χ0) is 19.4. The molecule has 2 aromatic rings. The van der Waals surface area contributed by atoms with Crippen LogP contribution in [0, 0.1) is 50.1 Å². The van der Waals surface area contributed by atoms with E-state index in [0.717, 1.165) is 22.6 Å². The Morgan fingerprint density at radius 1 is 0.600 bits per heavy atom. The highest BCUT2D eigenvalue weighted by molar-refractivity contribution is 14.1. The molecule has 136 valence electrons. The maximum absolute atomic E-state index is 13.9. The average molecular weight is 504 g/mol. The molecule has 0 unspecified atom stereocenters. The highest BCUT2D eigenvalue weighted by atomic mass is 127. The molecule has 0 heterocycles. The summed E-state index contributed by atoms with van der Waals surface area (Å²) in [7, 11) is -5.58. The second-order valence-electron chi connectivity index (χ2n) is 4.38. The molecule has 0 aromatic heterocycles. The SMILES string of the molecule is O=S(=O)(O)c1c(F)c(F)c(F)c(-c2c(F)c(F)c(F)c(F)c2F)c1I. The number of halogens is 9. The second-order valence-corrected chi connectivity index (χ2v) is 6.82. The van der Waals surface area contributed by atoms with Crippen LogP contribution in [0.5, 0.6) is 0 Å². The third kappa shape index (κ3) is 2.97. The summed E-state index contributed by atoms with van der Waals surface area (Å²) in [5, 5.41) is 0. The number of benzene rings is 2. The summed E-state index contributed by atoms with van der Waals surface area (Å²) in [4.78, 5) is -1.93. The van der Waals surface area contributed by atoms with Crippen molar-refractivity contribution in [3.05, 3.63) is 50.1 Å². The van der Waals surface area contributed by atoms with Crippen LogP contribution in [0.2, 0.25) is 0 Å². The molecule has 0 aliphatic rings. The number of hydrogen-bond acceptors (Lipinski definition) is 2. The summed E-state index contributed by atoms with van der Waals surface area (Å²) in [6.07, 6.45) is 0. The van der Waals surface area contributed by atoms with Crippen molar-refractivity contribution in [1.82, 2.24) is 0 Å². The van der Waals surface area contributed by atoms with E-state index in [1.807, 2.05) is 0 Å². The minimum absolute atomic E-state index is 0.745. The zero-order valence-electron chi connectivity index (χ0n) is 11.1. The first-order valence-electron chi connectivity index (χ1n) is 5.67. The lowest BCUT2D eigenvalue weighted by molar-refractivity contribution is 0.379. The molecule has 0 aliphatic heterocycles. The van der Waals surface area contributed by atoms with Crippen molar-refractivity contribution in [3.63, 3.8) is 0 Å². The van der Waals surface area contributed by atoms with E-state index in [4.69, 9.17) is 4.55 Å². The van der Waals surface area contributed by atoms with E-state index in [2.05, 4.69) is 0 Å². The normalized spacial score (nSPS) is 11.9. The molecule has 25 heavy (non-hydrogen) atoms. The van der Waals surface area contributed by atoms with Crippen LogP contribution in [0.15, 0.2) is 4.90 Å². The van der Waals surface area contributed by atoms with Crippen molar-refractivity contribution in [2.45, 2.75) is 4.90 Å². The Kier molecular flexibility index (Phi) is 5.04. The van der Waals surface area contributed by atoms with Crippen molar-refractivity contribution < 1.29 is 48.1 Å². The predicted octanol–water partition coefficient (Wildman–Crippen LogP) is 4.32. The lowest BCUT2D eigenvalue weighted by Crippen LogP contribution is -2.13. The minimum Gasteiger partial charge on any atom is -0.282 e. The van der Waals surface area contributed by atoms with Gasteiger partial charge in [0.2, 0.25) is 5.82 Å². The Morgan fingerprint density at radius 3 is 1.32 bits per heavy atom. The molecule has 0 atom stereocenters. The van der Waals surface area contributed by atoms with Gasteiger partial charge in [0.25, 0.3) is 10.1 Å². The molecule has 0 saturated carbocycles. The lowest BCUT2D eigenvalue weighted by Gasteiger charge is -2.14. The van der Waals surface area contributed by atoms with Crippen LogP contribution in [0.3, 0.4) is 0 Å². The third-order valence-corrected chi connectivity index (χ3v) is 5.28. The molecule has 0 saturated heterocycles. The Hall–Kier alpha value is -1.48. The van der Waals surface area contributed by atoms with E-state index in [1.165, 1.54) is 0 Å². The molecule has 3 nitrogen and oxygen atoms in total. The standard InChI is InChI=1S/C12HF8IO3S/c13-3-1(4(14)7(17)9(19)6(3)16)2-5(15)8(18)10(20)12(11(2)21)25(22,23)24/h(H,22,23,24). The molecular weight excluding hydrogens is 503 g/mol. The molecule has 2 aromatic carbocycles. The molecule has 1 N–H and O–H groups in total. The Bertz CT molecular complexity index is 993. The molecule has 0 radical (unpaired) electrons. The van der Waals surface area contributed by atoms with Crippen molar-refractivity contribution in [3.8, 4) is 11.1 Å². The van der Waals surface area contributed by atoms with Gasteiger partial charge in [-0.2, -0.15) is 8.42 Å². The smallest absolute Gasteiger partial charge is 0.282 e. The van der Waals surface area contributed by atoms with Crippen molar-refractivity contribution in [2.24, 2.45) is 0 Å². The highest BCUT2D eigenvalue weighted by Crippen LogP contribution is 2.40. The average Bonchev–Trinajstić information content (AvgIpc) is 2.51. The second kappa shape index (κ2) is 6.35. The minimum atomic E-state index is -5.58. The summed E-state index contributed by atoms with van der Waals surface area (Å²) in [6.45, 7) is 0. The summed E-state index contributed by atoms with van der Waals surface area (Å²) < 4.78 is 138. The van der Waals surface area contributed by atoms with Crippen LogP contribution in [-0.4, -0.2) is 13.0 Å². The van der Waals surface area contributed by atoms with Gasteiger partial charge in [0, 0.05) is 9.13 Å². The van der Waals surface area contributed by atoms with E-state index in [9.17, 15) is 43.5 Å². The predicted molar refractivity (Wildman–Crippen MR) is 74.1 cm³/mol. The quantitative estimate of drug-likeness (QED) is 0.218. The van der Waals surface area contributed by atoms with Gasteiger partial charge in [-0.15, -0.1) is 0 Å². The highest BCUT2D eigenvalue weighted by Gasteiger charge is 2.36. The van der Waals surface area contributed by atoms with E-state index >= 15 is 0 Å². The van der Waals surface area contributed by atoms with Gasteiger partial charge in [0.05, 0.1) is 5.56 Å². The fourth-order valence-electron chi connectivity index (χ4n) is 1.88. The first kappa shape index (κ1) is 19.8. The topological polar surface area (TPSA) is 54.4 Å². The van der Waals surface area contributed by atoms with Gasteiger partial charge < -0.3 is 0 Å². The lowest BCUT2D eigenvalue weighted by atomic mass is 10.0. The fraction of sp³-hybridized carbons (Fsp3) is 0. The Labute approximate surface area is 147 Å². The van der Waals surface area contributed by atoms with E-state index < -0.39 is 76.2 Å². The Balaban J connectivity index is 3.14. The van der Waals surface area contributed by atoms with Crippen molar-refractivity contribution >= 4 is 32.7 Å². The van der Waals surface area contributed by atoms with Gasteiger partial charge in [0.15, 0.2) is 40.7 Å². The van der Waals surface area contributed by atoms with E-state index in [0.29, 0.717) is 0 Å². The molecule has 0 aliphatic carbocycles. The Morgan fingerprint density at radius 2 is 0.920 bits per heavy atom. The largest absolute Gasteiger partial charge is 0.298 e. The van der Waals surface area contributed by atoms with Crippen LogP contribution in [0.25, 0.3) is 11.1 Å². The van der Waals surface area contributed by atoms with Crippen molar-refractivity contribution in [2.75, 3.05) is 0 Å². The summed E-state index contributed by atoms with van der Waals surface area (Å²) in [6, 6.07) is 0. The zero-order valence-corrected chi connectivity index (χ0v) is 14.0. The fourth-order valence-corrected chi connectivity index (χ4v) is 4.11. The number of hydrogen-bond donors (Lipinski definition) is 1. The van der Waals surface area contributed by atoms with Gasteiger partial charge in [-0.25, -0.2) is 35.1 Å². The summed E-state index contributed by atoms with van der Waals surface area (Å²) in [5.41, 5.74) is -3.79. The molecule has 0 amide bonds. The van der Waals surface area contributed by atoms with Gasteiger partial charge >= 0.3 is 0 Å². The van der Waals surface area contributed by atoms with Crippen LogP contribution < -0.4 is 0 Å². The van der Waals surface area contributed by atoms with Gasteiger partial charge in [-0.1, -0.05) is 0 Å². The maximum atomic E-state index is 13.9. The first-order valence-corrected chi connectivity index (χ1v) is 8.19. The maximum Gasteiger partial charge on any atom is 0.298 e. The van der Waals surface area contributed by atoms with Gasteiger partial charge in [-0.05, 0) is 22.6 Å². The molecular formula is C12HF8IO3S. The van der Waals surface area contributed by atoms with E-state index in [-0.39, 0.29) is 0 Å². The molecule has 0 bridgehead atoms. The van der Waals surface area contributed by atoms with Crippen molar-refractivity contribution in [1.29, 1.82) is 0 Å². The summed E-state index contributed by atoms with van der Waals surface area (Å²) in [5.74, 6) is -20.3. The molecule has 0 spiro atoms. The van der Waals surface area contributed by atoms with Crippen LogP contribution in [0.4, 0.5) is 35.1 Å². The van der Waals surface area contributed by atoms with Crippen LogP contribution in [0.1, 0.15) is 0 Å². The van der Waals surface area contributed by atoms with Crippen LogP contribution >= 0.6 is 22.6 Å². The molecule has 0 fully saturated rings. The van der Waals surface area contributed by atoms with Crippen LogP contribution in [-0.2, 0) is 10.1 Å². The number of rotatable bonds is 2. The van der Waals surface area contributed by atoms with Gasteiger partial charge in [0.1, 0.15) is 4.90 Å².